The normalized spacial score (nSPS) is 10.2. The number of nitrogens with two attached hydrogens (primary N) is 1. The highest BCUT2D eigenvalue weighted by Gasteiger charge is 2.06. The molecule has 0 aliphatic carbocycles. The van der Waals surface area contributed by atoms with Crippen molar-refractivity contribution in [2.45, 2.75) is 13.1 Å². The molecule has 0 unspecified atom stereocenters. The van der Waals surface area contributed by atoms with Crippen LogP contribution in [-0.2, 0) is 17.9 Å². The van der Waals surface area contributed by atoms with Crippen LogP contribution in [0.2, 0.25) is 0 Å². The molecule has 0 fully saturated rings. The van der Waals surface area contributed by atoms with E-state index in [1.165, 1.54) is 10.6 Å². The number of carbonyl (C=O) groups is 1. The fourth-order valence-electron chi connectivity index (χ4n) is 1.76. The second kappa shape index (κ2) is 5.97. The molecule has 0 atom stereocenters. The summed E-state index contributed by atoms with van der Waals surface area (Å²) in [6.45, 7) is 0.334. The molecule has 2 aromatic rings. The number of hydrogen-bond donors (Lipinski definition) is 2. The zero-order valence-corrected chi connectivity index (χ0v) is 10.4. The molecule has 2 rings (SSSR count). The number of carbonyl (C=O) groups excluding carboxylic acids is 1. The fraction of sp³-hybridized carbons (Fsp3) is 0.143. The van der Waals surface area contributed by atoms with Crippen LogP contribution >= 0.6 is 0 Å². The molecule has 0 radical (unpaired) electrons. The van der Waals surface area contributed by atoms with Crippen LogP contribution in [0.25, 0.3) is 0 Å². The Labute approximate surface area is 110 Å². The van der Waals surface area contributed by atoms with Gasteiger partial charge in [0.2, 0.25) is 5.91 Å². The second-order valence-corrected chi connectivity index (χ2v) is 4.08. The van der Waals surface area contributed by atoms with Gasteiger partial charge in [0.05, 0.1) is 0 Å². The van der Waals surface area contributed by atoms with Gasteiger partial charge in [-0.1, -0.05) is 24.3 Å². The first kappa shape index (κ1) is 13.0. The van der Waals surface area contributed by atoms with Crippen molar-refractivity contribution in [1.82, 2.24) is 4.57 Å². The molecule has 5 heteroatoms. The number of para-hydroxylation sites is 1. The Morgan fingerprint density at radius 3 is 2.63 bits per heavy atom. The van der Waals surface area contributed by atoms with Crippen LogP contribution in [-0.4, -0.2) is 10.5 Å². The Morgan fingerprint density at radius 1 is 1.16 bits per heavy atom. The minimum Gasteiger partial charge on any atom is -0.326 e. The maximum absolute atomic E-state index is 11.9. The Kier molecular flexibility index (Phi) is 4.10. The first-order chi connectivity index (χ1) is 9.20. The van der Waals surface area contributed by atoms with Gasteiger partial charge in [0, 0.05) is 24.5 Å². The monoisotopic (exact) mass is 257 g/mol. The van der Waals surface area contributed by atoms with Crippen molar-refractivity contribution < 1.29 is 4.79 Å². The minimum atomic E-state index is -0.255. The lowest BCUT2D eigenvalue weighted by atomic mass is 10.2. The van der Waals surface area contributed by atoms with Crippen molar-refractivity contribution in [2.24, 2.45) is 5.73 Å². The van der Waals surface area contributed by atoms with Crippen LogP contribution < -0.4 is 16.6 Å². The van der Waals surface area contributed by atoms with Crippen LogP contribution in [0.5, 0.6) is 0 Å². The highest BCUT2D eigenvalue weighted by atomic mass is 16.2. The zero-order chi connectivity index (χ0) is 13.7. The summed E-state index contributed by atoms with van der Waals surface area (Å²) in [6, 6.07) is 12.1. The minimum absolute atomic E-state index is 0.0153. The van der Waals surface area contributed by atoms with Gasteiger partial charge in [-0.05, 0) is 17.7 Å². The molecule has 98 valence electrons. The second-order valence-electron chi connectivity index (χ2n) is 4.08. The smallest absolute Gasteiger partial charge is 0.250 e. The van der Waals surface area contributed by atoms with E-state index in [9.17, 15) is 9.59 Å². The largest absolute Gasteiger partial charge is 0.326 e. The zero-order valence-electron chi connectivity index (χ0n) is 10.4. The number of anilines is 1. The van der Waals surface area contributed by atoms with Crippen LogP contribution in [0.1, 0.15) is 5.56 Å². The number of hydrogen-bond acceptors (Lipinski definition) is 3. The first-order valence-corrected chi connectivity index (χ1v) is 5.94. The Hall–Kier alpha value is -2.40. The Balaban J connectivity index is 2.10. The van der Waals surface area contributed by atoms with Gasteiger partial charge in [-0.15, -0.1) is 0 Å². The third kappa shape index (κ3) is 3.29. The van der Waals surface area contributed by atoms with Crippen molar-refractivity contribution in [3.8, 4) is 0 Å². The number of benzene rings is 1. The number of nitrogens with zero attached hydrogens (tertiary/aromatic N) is 1. The van der Waals surface area contributed by atoms with Crippen LogP contribution in [0.15, 0.2) is 53.5 Å². The molecule has 1 aromatic heterocycles. The van der Waals surface area contributed by atoms with E-state index < -0.39 is 0 Å². The maximum atomic E-state index is 11.9. The number of rotatable bonds is 4. The summed E-state index contributed by atoms with van der Waals surface area (Å²) in [5.41, 5.74) is 6.93. The van der Waals surface area contributed by atoms with Gasteiger partial charge >= 0.3 is 0 Å². The highest BCUT2D eigenvalue weighted by molar-refractivity contribution is 5.91. The van der Waals surface area contributed by atoms with Gasteiger partial charge in [-0.3, -0.25) is 9.59 Å². The predicted octanol–water partition coefficient (Wildman–Crippen LogP) is 0.946. The van der Waals surface area contributed by atoms with Gasteiger partial charge < -0.3 is 15.6 Å². The Morgan fingerprint density at radius 2 is 1.89 bits per heavy atom. The van der Waals surface area contributed by atoms with Crippen LogP contribution in [0, 0.1) is 0 Å². The standard InChI is InChI=1S/C14H15N3O2/c15-9-11-5-1-2-6-12(11)16-13(18)10-17-8-4-3-7-14(17)19/h1-8H,9-10,15H2,(H,16,18). The summed E-state index contributed by atoms with van der Waals surface area (Å²) >= 11 is 0. The molecule has 0 aliphatic rings. The molecule has 0 spiro atoms. The summed E-state index contributed by atoms with van der Waals surface area (Å²) in [5, 5.41) is 2.76. The molecule has 0 saturated carbocycles. The molecule has 1 amide bonds. The average molecular weight is 257 g/mol. The van der Waals surface area contributed by atoms with E-state index >= 15 is 0 Å². The molecule has 0 aliphatic heterocycles. The van der Waals surface area contributed by atoms with Crippen molar-refractivity contribution in [2.75, 3.05) is 5.32 Å². The average Bonchev–Trinajstić information content (AvgIpc) is 2.42. The highest BCUT2D eigenvalue weighted by Crippen LogP contribution is 2.13. The fourth-order valence-corrected chi connectivity index (χ4v) is 1.76. The van der Waals surface area contributed by atoms with Gasteiger partial charge in [0.25, 0.3) is 5.56 Å². The van der Waals surface area contributed by atoms with Crippen molar-refractivity contribution in [3.63, 3.8) is 0 Å². The summed E-state index contributed by atoms with van der Waals surface area (Å²) in [6.07, 6.45) is 1.58. The van der Waals surface area contributed by atoms with Gasteiger partial charge in [-0.2, -0.15) is 0 Å². The molecule has 19 heavy (non-hydrogen) atoms. The van der Waals surface area contributed by atoms with E-state index in [2.05, 4.69) is 5.32 Å². The van der Waals surface area contributed by atoms with E-state index in [0.29, 0.717) is 12.2 Å². The molecule has 5 nitrogen and oxygen atoms in total. The number of amides is 1. The third-order valence-corrected chi connectivity index (χ3v) is 2.72. The van der Waals surface area contributed by atoms with Crippen LogP contribution in [0.3, 0.4) is 0 Å². The van der Waals surface area contributed by atoms with E-state index in [1.807, 2.05) is 18.2 Å². The van der Waals surface area contributed by atoms with Gasteiger partial charge in [0.15, 0.2) is 0 Å². The quantitative estimate of drug-likeness (QED) is 0.856. The Bertz CT molecular complexity index is 634. The molecular formula is C14H15N3O2. The summed E-state index contributed by atoms with van der Waals surface area (Å²) in [4.78, 5) is 23.4. The molecule has 1 heterocycles. The lowest BCUT2D eigenvalue weighted by molar-refractivity contribution is -0.116. The predicted molar refractivity (Wildman–Crippen MR) is 73.7 cm³/mol. The van der Waals surface area contributed by atoms with E-state index in [4.69, 9.17) is 5.73 Å². The van der Waals surface area contributed by atoms with E-state index in [-0.39, 0.29) is 18.0 Å². The summed E-state index contributed by atoms with van der Waals surface area (Å²) in [7, 11) is 0. The molecule has 3 N–H and O–H groups in total. The molecule has 0 saturated heterocycles. The molecular weight excluding hydrogens is 242 g/mol. The van der Waals surface area contributed by atoms with Gasteiger partial charge in [0.1, 0.15) is 6.54 Å². The topological polar surface area (TPSA) is 77.1 Å². The van der Waals surface area contributed by atoms with E-state index in [1.54, 1.807) is 24.4 Å². The lowest BCUT2D eigenvalue weighted by Gasteiger charge is -2.10. The van der Waals surface area contributed by atoms with Crippen LogP contribution in [0.4, 0.5) is 5.69 Å². The van der Waals surface area contributed by atoms with Crippen molar-refractivity contribution in [3.05, 3.63) is 64.6 Å². The summed E-state index contributed by atoms with van der Waals surface area (Å²) in [5.74, 6) is -0.255. The SMILES string of the molecule is NCc1ccccc1NC(=O)Cn1ccccc1=O. The number of nitrogens with one attached hydrogen (secondary N) is 1. The molecule has 0 bridgehead atoms. The maximum Gasteiger partial charge on any atom is 0.250 e. The number of aromatic nitrogens is 1. The van der Waals surface area contributed by atoms with E-state index in [0.717, 1.165) is 5.56 Å². The van der Waals surface area contributed by atoms with Crippen molar-refractivity contribution in [1.29, 1.82) is 0 Å². The summed E-state index contributed by atoms with van der Waals surface area (Å²) < 4.78 is 1.35. The third-order valence-electron chi connectivity index (χ3n) is 2.72. The first-order valence-electron chi connectivity index (χ1n) is 5.94. The lowest BCUT2D eigenvalue weighted by Crippen LogP contribution is -2.26. The van der Waals surface area contributed by atoms with Crippen molar-refractivity contribution >= 4 is 11.6 Å². The molecule has 1 aromatic carbocycles. The number of pyridine rings is 1. The van der Waals surface area contributed by atoms with Gasteiger partial charge in [-0.25, -0.2) is 0 Å².